The SMILES string of the molecule is CCCCCCOC(=O)[C@H](CCC(=O)NCCC1CCN(Cc2ccccc2)CC1)NC(=O)c1cc(Br)cs1. The van der Waals surface area contributed by atoms with Crippen molar-refractivity contribution >= 4 is 45.1 Å². The van der Waals surface area contributed by atoms with Gasteiger partial charge in [-0.25, -0.2) is 4.79 Å². The van der Waals surface area contributed by atoms with Crippen LogP contribution in [0.25, 0.3) is 0 Å². The summed E-state index contributed by atoms with van der Waals surface area (Å²) in [5.41, 5.74) is 1.35. The van der Waals surface area contributed by atoms with Crippen LogP contribution < -0.4 is 10.6 Å². The van der Waals surface area contributed by atoms with Crippen LogP contribution in [0.5, 0.6) is 0 Å². The fourth-order valence-corrected chi connectivity index (χ4v) is 6.10. The maximum atomic E-state index is 12.7. The fourth-order valence-electron chi connectivity index (χ4n) is 4.77. The summed E-state index contributed by atoms with van der Waals surface area (Å²) in [6.07, 6.45) is 7.58. The van der Waals surface area contributed by atoms with E-state index in [2.05, 4.69) is 62.7 Å². The average Bonchev–Trinajstić information content (AvgIpc) is 3.38. The van der Waals surface area contributed by atoms with Crippen molar-refractivity contribution in [1.82, 2.24) is 15.5 Å². The van der Waals surface area contributed by atoms with Crippen LogP contribution in [-0.4, -0.2) is 55.0 Å². The lowest BCUT2D eigenvalue weighted by atomic mass is 9.93. The van der Waals surface area contributed by atoms with Crippen LogP contribution in [-0.2, 0) is 20.9 Å². The largest absolute Gasteiger partial charge is 0.464 e. The van der Waals surface area contributed by atoms with Crippen LogP contribution in [0.15, 0.2) is 46.3 Å². The van der Waals surface area contributed by atoms with Gasteiger partial charge in [0.05, 0.1) is 11.5 Å². The number of ether oxygens (including phenoxy) is 1. The Hall–Kier alpha value is -2.23. The summed E-state index contributed by atoms with van der Waals surface area (Å²) in [5, 5.41) is 7.60. The summed E-state index contributed by atoms with van der Waals surface area (Å²) >= 11 is 4.65. The Kier molecular flexibility index (Phi) is 14.0. The summed E-state index contributed by atoms with van der Waals surface area (Å²) in [6.45, 7) is 6.23. The Morgan fingerprint density at radius 1 is 1.13 bits per heavy atom. The number of thiophene rings is 1. The van der Waals surface area contributed by atoms with Gasteiger partial charge < -0.3 is 15.4 Å². The minimum atomic E-state index is -0.857. The molecule has 2 aromatic rings. The van der Waals surface area contributed by atoms with E-state index in [-0.39, 0.29) is 24.7 Å². The second kappa shape index (κ2) is 17.5. The molecule has 2 amide bonds. The van der Waals surface area contributed by atoms with E-state index >= 15 is 0 Å². The quantitative estimate of drug-likeness (QED) is 0.180. The highest BCUT2D eigenvalue weighted by Gasteiger charge is 2.25. The van der Waals surface area contributed by atoms with E-state index in [1.165, 1.54) is 16.9 Å². The van der Waals surface area contributed by atoms with Crippen LogP contribution in [0.1, 0.15) is 79.9 Å². The van der Waals surface area contributed by atoms with Gasteiger partial charge in [-0.1, -0.05) is 56.5 Å². The molecule has 1 saturated heterocycles. The van der Waals surface area contributed by atoms with Crippen molar-refractivity contribution in [2.45, 2.75) is 77.3 Å². The van der Waals surface area contributed by atoms with Crippen LogP contribution in [0, 0.1) is 5.92 Å². The maximum Gasteiger partial charge on any atom is 0.328 e. The number of unbranched alkanes of at least 4 members (excludes halogenated alkanes) is 3. The van der Waals surface area contributed by atoms with Gasteiger partial charge in [-0.15, -0.1) is 11.3 Å². The Balaban J connectivity index is 1.37. The molecule has 39 heavy (non-hydrogen) atoms. The van der Waals surface area contributed by atoms with Crippen LogP contribution in [0.4, 0.5) is 0 Å². The number of likely N-dealkylation sites (tertiary alicyclic amines) is 1. The topological polar surface area (TPSA) is 87.7 Å². The zero-order valence-corrected chi connectivity index (χ0v) is 25.4. The first-order valence-electron chi connectivity index (χ1n) is 14.2. The molecule has 9 heteroatoms. The number of amides is 2. The molecule has 1 atom stereocenters. The molecule has 1 aliphatic heterocycles. The molecule has 3 rings (SSSR count). The normalized spacial score (nSPS) is 15.0. The first-order chi connectivity index (χ1) is 18.9. The number of rotatable bonds is 16. The number of nitrogens with one attached hydrogen (secondary N) is 2. The standard InChI is InChI=1S/C30H42BrN3O4S/c1-2-3-4-8-19-38-30(37)26(33-29(36)27-20-25(31)22-39-27)11-12-28(35)32-16-13-23-14-17-34(18-15-23)21-24-9-6-5-7-10-24/h5-7,9-10,20,22-23,26H,2-4,8,11-19,21H2,1H3,(H,32,35)(H,33,36)/t26-/m0/s1. The third-order valence-electron chi connectivity index (χ3n) is 7.11. The fraction of sp³-hybridized carbons (Fsp3) is 0.567. The monoisotopic (exact) mass is 619 g/mol. The first-order valence-corrected chi connectivity index (χ1v) is 15.9. The van der Waals surface area contributed by atoms with Gasteiger partial charge in [0.15, 0.2) is 0 Å². The lowest BCUT2D eigenvalue weighted by Crippen LogP contribution is -2.42. The first kappa shape index (κ1) is 31.3. The number of hydrogen-bond donors (Lipinski definition) is 2. The third-order valence-corrected chi connectivity index (χ3v) is 8.80. The molecule has 1 aromatic heterocycles. The van der Waals surface area contributed by atoms with E-state index in [9.17, 15) is 14.4 Å². The van der Waals surface area contributed by atoms with Crippen molar-refractivity contribution in [2.75, 3.05) is 26.2 Å². The van der Waals surface area contributed by atoms with E-state index in [1.807, 2.05) is 11.4 Å². The highest BCUT2D eigenvalue weighted by molar-refractivity contribution is 9.10. The third kappa shape index (κ3) is 11.8. The summed E-state index contributed by atoms with van der Waals surface area (Å²) in [6, 6.07) is 11.4. The number of carbonyl (C=O) groups excluding carboxylic acids is 3. The predicted octanol–water partition coefficient (Wildman–Crippen LogP) is 5.93. The number of nitrogens with zero attached hydrogens (tertiary/aromatic N) is 1. The van der Waals surface area contributed by atoms with Crippen LogP contribution >= 0.6 is 27.3 Å². The molecule has 1 fully saturated rings. The minimum absolute atomic E-state index is 0.106. The number of carbonyl (C=O) groups is 3. The van der Waals surface area contributed by atoms with E-state index in [0.29, 0.717) is 23.9 Å². The van der Waals surface area contributed by atoms with Gasteiger partial charge in [-0.2, -0.15) is 0 Å². The van der Waals surface area contributed by atoms with E-state index < -0.39 is 12.0 Å². The average molecular weight is 621 g/mol. The molecule has 0 unspecified atom stereocenters. The van der Waals surface area contributed by atoms with Crippen molar-refractivity contribution in [2.24, 2.45) is 5.92 Å². The molecule has 214 valence electrons. The number of piperidine rings is 1. The lowest BCUT2D eigenvalue weighted by molar-refractivity contribution is -0.146. The smallest absolute Gasteiger partial charge is 0.328 e. The second-order valence-corrected chi connectivity index (χ2v) is 12.1. The molecule has 0 saturated carbocycles. The van der Waals surface area contributed by atoms with Crippen molar-refractivity contribution in [3.8, 4) is 0 Å². The highest BCUT2D eigenvalue weighted by Crippen LogP contribution is 2.22. The molecule has 2 heterocycles. The lowest BCUT2D eigenvalue weighted by Gasteiger charge is -2.32. The molecule has 2 N–H and O–H groups in total. The van der Waals surface area contributed by atoms with Crippen molar-refractivity contribution in [3.05, 3.63) is 56.7 Å². The Bertz CT molecular complexity index is 1020. The Morgan fingerprint density at radius 2 is 1.90 bits per heavy atom. The minimum Gasteiger partial charge on any atom is -0.464 e. The highest BCUT2D eigenvalue weighted by atomic mass is 79.9. The van der Waals surface area contributed by atoms with E-state index in [4.69, 9.17) is 4.74 Å². The molecule has 0 bridgehead atoms. The van der Waals surface area contributed by atoms with Crippen LogP contribution in [0.2, 0.25) is 0 Å². The molecule has 0 spiro atoms. The molecule has 1 aromatic carbocycles. The summed E-state index contributed by atoms with van der Waals surface area (Å²) in [4.78, 5) is 41.0. The maximum absolute atomic E-state index is 12.7. The molecular weight excluding hydrogens is 578 g/mol. The van der Waals surface area contributed by atoms with Gasteiger partial charge in [0.25, 0.3) is 5.91 Å². The Morgan fingerprint density at radius 3 is 2.59 bits per heavy atom. The zero-order valence-electron chi connectivity index (χ0n) is 23.0. The van der Waals surface area contributed by atoms with Crippen molar-refractivity contribution < 1.29 is 19.1 Å². The number of benzene rings is 1. The summed E-state index contributed by atoms with van der Waals surface area (Å²) < 4.78 is 6.25. The Labute approximate surface area is 245 Å². The van der Waals surface area contributed by atoms with E-state index in [1.54, 1.807) is 6.07 Å². The predicted molar refractivity (Wildman–Crippen MR) is 160 cm³/mol. The van der Waals surface area contributed by atoms with Gasteiger partial charge in [0, 0.05) is 29.4 Å². The van der Waals surface area contributed by atoms with Crippen LogP contribution in [0.3, 0.4) is 0 Å². The molecule has 7 nitrogen and oxygen atoms in total. The molecule has 0 radical (unpaired) electrons. The zero-order chi connectivity index (χ0) is 27.9. The van der Waals surface area contributed by atoms with Crippen molar-refractivity contribution in [1.29, 1.82) is 0 Å². The van der Waals surface area contributed by atoms with Gasteiger partial charge in [-0.3, -0.25) is 14.5 Å². The number of halogens is 1. The number of esters is 1. The molecule has 1 aliphatic rings. The van der Waals surface area contributed by atoms with Crippen molar-refractivity contribution in [3.63, 3.8) is 0 Å². The van der Waals surface area contributed by atoms with Gasteiger partial charge >= 0.3 is 5.97 Å². The summed E-state index contributed by atoms with van der Waals surface area (Å²) in [5.74, 6) is -0.314. The van der Waals surface area contributed by atoms with Gasteiger partial charge in [0.1, 0.15) is 6.04 Å². The van der Waals surface area contributed by atoms with Gasteiger partial charge in [-0.05, 0) is 78.7 Å². The molecule has 0 aliphatic carbocycles. The van der Waals surface area contributed by atoms with E-state index in [0.717, 1.165) is 69.1 Å². The molecular formula is C30H42BrN3O4S. The second-order valence-electron chi connectivity index (χ2n) is 10.3. The van der Waals surface area contributed by atoms with Gasteiger partial charge in [0.2, 0.25) is 5.91 Å². The summed E-state index contributed by atoms with van der Waals surface area (Å²) in [7, 11) is 0. The number of hydrogen-bond acceptors (Lipinski definition) is 6.